The van der Waals surface area contributed by atoms with Crippen molar-refractivity contribution in [3.05, 3.63) is 65.6 Å². The molecule has 3 heterocycles. The Morgan fingerprint density at radius 1 is 1.27 bits per heavy atom. The van der Waals surface area contributed by atoms with Crippen LogP contribution in [0.15, 0.2) is 47.2 Å². The SMILES string of the molecule is Cc1nc(C(=O)N2CC(F)CC2Cn2cc(C(=O)NCc3ccccc3)nn2)co1. The van der Waals surface area contributed by atoms with Gasteiger partial charge in [-0.2, -0.15) is 0 Å². The van der Waals surface area contributed by atoms with Crippen molar-refractivity contribution in [2.75, 3.05) is 6.54 Å². The first kappa shape index (κ1) is 19.7. The Kier molecular flexibility index (Phi) is 5.55. The van der Waals surface area contributed by atoms with Crippen molar-refractivity contribution in [3.8, 4) is 0 Å². The minimum atomic E-state index is -1.14. The van der Waals surface area contributed by atoms with E-state index in [0.717, 1.165) is 5.56 Å². The van der Waals surface area contributed by atoms with Gasteiger partial charge in [-0.1, -0.05) is 35.5 Å². The molecule has 1 fully saturated rings. The molecule has 9 nitrogen and oxygen atoms in total. The molecular weight excluding hydrogens is 391 g/mol. The maximum absolute atomic E-state index is 14.1. The summed E-state index contributed by atoms with van der Waals surface area (Å²) in [5.41, 5.74) is 1.27. The summed E-state index contributed by atoms with van der Waals surface area (Å²) in [4.78, 5) is 30.4. The van der Waals surface area contributed by atoms with Gasteiger partial charge in [0.25, 0.3) is 11.8 Å². The van der Waals surface area contributed by atoms with Crippen molar-refractivity contribution < 1.29 is 18.4 Å². The first-order valence-electron chi connectivity index (χ1n) is 9.59. The fourth-order valence-electron chi connectivity index (χ4n) is 3.47. The number of oxazole rings is 1. The predicted octanol–water partition coefficient (Wildman–Crippen LogP) is 1.76. The molecule has 0 bridgehead atoms. The lowest BCUT2D eigenvalue weighted by molar-refractivity contribution is 0.0708. The zero-order chi connectivity index (χ0) is 21.1. The molecule has 2 unspecified atom stereocenters. The van der Waals surface area contributed by atoms with Gasteiger partial charge in [0.15, 0.2) is 17.3 Å². The highest BCUT2D eigenvalue weighted by atomic mass is 19.1. The van der Waals surface area contributed by atoms with Crippen LogP contribution in [0.25, 0.3) is 0 Å². The number of amides is 2. The van der Waals surface area contributed by atoms with Crippen LogP contribution >= 0.6 is 0 Å². The first-order chi connectivity index (χ1) is 14.5. The highest BCUT2D eigenvalue weighted by molar-refractivity contribution is 5.92. The van der Waals surface area contributed by atoms with E-state index in [0.29, 0.717) is 12.4 Å². The first-order valence-corrected chi connectivity index (χ1v) is 9.59. The zero-order valence-electron chi connectivity index (χ0n) is 16.4. The summed E-state index contributed by atoms with van der Waals surface area (Å²) in [6, 6.07) is 9.08. The number of aryl methyl sites for hydroxylation is 1. The molecule has 1 saturated heterocycles. The second-order valence-corrected chi connectivity index (χ2v) is 7.19. The van der Waals surface area contributed by atoms with Crippen LogP contribution in [0.4, 0.5) is 4.39 Å². The van der Waals surface area contributed by atoms with E-state index in [9.17, 15) is 14.0 Å². The number of nitrogens with zero attached hydrogens (tertiary/aromatic N) is 5. The molecule has 0 saturated carbocycles. The summed E-state index contributed by atoms with van der Waals surface area (Å²) < 4.78 is 20.6. The van der Waals surface area contributed by atoms with Gasteiger partial charge in [0.2, 0.25) is 0 Å². The van der Waals surface area contributed by atoms with E-state index in [2.05, 4.69) is 20.6 Å². The van der Waals surface area contributed by atoms with E-state index in [1.165, 1.54) is 22.0 Å². The minimum Gasteiger partial charge on any atom is -0.448 e. The molecule has 1 N–H and O–H groups in total. The summed E-state index contributed by atoms with van der Waals surface area (Å²) in [5, 5.41) is 10.6. The number of hydrogen-bond acceptors (Lipinski definition) is 6. The summed E-state index contributed by atoms with van der Waals surface area (Å²) in [6.45, 7) is 2.21. The lowest BCUT2D eigenvalue weighted by Crippen LogP contribution is -2.38. The molecule has 2 amide bonds. The third-order valence-electron chi connectivity index (χ3n) is 4.93. The van der Waals surface area contributed by atoms with Crippen molar-refractivity contribution in [1.82, 2.24) is 30.2 Å². The van der Waals surface area contributed by atoms with Crippen LogP contribution in [0.3, 0.4) is 0 Å². The molecule has 0 spiro atoms. The molecule has 0 aliphatic carbocycles. The Morgan fingerprint density at radius 2 is 2.07 bits per heavy atom. The summed E-state index contributed by atoms with van der Waals surface area (Å²) >= 11 is 0. The van der Waals surface area contributed by atoms with Crippen LogP contribution in [0.2, 0.25) is 0 Å². The Balaban J connectivity index is 1.39. The quantitative estimate of drug-likeness (QED) is 0.661. The predicted molar refractivity (Wildman–Crippen MR) is 103 cm³/mol. The van der Waals surface area contributed by atoms with Gasteiger partial charge in [-0.15, -0.1) is 5.10 Å². The number of nitrogens with one attached hydrogen (secondary N) is 1. The molecule has 30 heavy (non-hydrogen) atoms. The molecule has 0 radical (unpaired) electrons. The number of aromatic nitrogens is 4. The van der Waals surface area contributed by atoms with Gasteiger partial charge in [-0.3, -0.25) is 9.59 Å². The lowest BCUT2D eigenvalue weighted by atomic mass is 10.2. The van der Waals surface area contributed by atoms with Crippen molar-refractivity contribution in [1.29, 1.82) is 0 Å². The largest absolute Gasteiger partial charge is 0.448 e. The van der Waals surface area contributed by atoms with Gasteiger partial charge >= 0.3 is 0 Å². The third-order valence-corrected chi connectivity index (χ3v) is 4.93. The number of benzene rings is 1. The second kappa shape index (κ2) is 8.44. The number of likely N-dealkylation sites (tertiary alicyclic amines) is 1. The van der Waals surface area contributed by atoms with Crippen molar-refractivity contribution in [2.24, 2.45) is 0 Å². The molecule has 1 aliphatic heterocycles. The van der Waals surface area contributed by atoms with Gasteiger partial charge in [0.05, 0.1) is 25.3 Å². The van der Waals surface area contributed by atoms with E-state index in [-0.39, 0.29) is 36.8 Å². The molecule has 4 rings (SSSR count). The van der Waals surface area contributed by atoms with E-state index < -0.39 is 18.1 Å². The molecule has 1 aliphatic rings. The number of carbonyl (C=O) groups is 2. The number of rotatable bonds is 6. The van der Waals surface area contributed by atoms with Gasteiger partial charge in [-0.25, -0.2) is 14.1 Å². The molecule has 156 valence electrons. The summed E-state index contributed by atoms with van der Waals surface area (Å²) in [5.74, 6) is -0.378. The van der Waals surface area contributed by atoms with Crippen molar-refractivity contribution in [2.45, 2.75) is 38.6 Å². The smallest absolute Gasteiger partial charge is 0.276 e. The Bertz CT molecular complexity index is 1030. The fraction of sp³-hybridized carbons (Fsp3) is 0.350. The Labute approximate surface area is 171 Å². The van der Waals surface area contributed by atoms with Crippen molar-refractivity contribution >= 4 is 11.8 Å². The van der Waals surface area contributed by atoms with Crippen LogP contribution < -0.4 is 5.32 Å². The van der Waals surface area contributed by atoms with E-state index in [1.54, 1.807) is 6.92 Å². The van der Waals surface area contributed by atoms with E-state index in [4.69, 9.17) is 4.42 Å². The van der Waals surface area contributed by atoms with Crippen LogP contribution in [0.1, 0.15) is 38.9 Å². The van der Waals surface area contributed by atoms with Crippen molar-refractivity contribution in [3.63, 3.8) is 0 Å². The third kappa shape index (κ3) is 4.37. The Morgan fingerprint density at radius 3 is 2.80 bits per heavy atom. The van der Waals surface area contributed by atoms with Crippen LogP contribution in [-0.4, -0.2) is 55.5 Å². The Hall–Kier alpha value is -3.56. The molecule has 10 heteroatoms. The number of carbonyl (C=O) groups excluding carboxylic acids is 2. The topological polar surface area (TPSA) is 106 Å². The van der Waals surface area contributed by atoms with Gasteiger partial charge < -0.3 is 14.6 Å². The summed E-state index contributed by atoms with van der Waals surface area (Å²) in [6.07, 6.45) is 1.81. The minimum absolute atomic E-state index is 0.0193. The van der Waals surface area contributed by atoms with Crippen LogP contribution in [-0.2, 0) is 13.1 Å². The normalized spacial score (nSPS) is 18.5. The van der Waals surface area contributed by atoms with Gasteiger partial charge in [0, 0.05) is 19.9 Å². The zero-order valence-corrected chi connectivity index (χ0v) is 16.4. The molecule has 3 aromatic rings. The molecule has 2 aromatic heterocycles. The maximum Gasteiger partial charge on any atom is 0.276 e. The maximum atomic E-state index is 14.1. The fourth-order valence-corrected chi connectivity index (χ4v) is 3.47. The van der Waals surface area contributed by atoms with Gasteiger partial charge in [-0.05, 0) is 5.56 Å². The molecular formula is C20H21FN6O3. The second-order valence-electron chi connectivity index (χ2n) is 7.19. The number of halogens is 1. The monoisotopic (exact) mass is 412 g/mol. The highest BCUT2D eigenvalue weighted by Crippen LogP contribution is 2.24. The number of alkyl halides is 1. The van der Waals surface area contributed by atoms with E-state index >= 15 is 0 Å². The van der Waals surface area contributed by atoms with Crippen LogP contribution in [0.5, 0.6) is 0 Å². The average molecular weight is 412 g/mol. The molecule has 2 atom stereocenters. The number of hydrogen-bond donors (Lipinski definition) is 1. The van der Waals surface area contributed by atoms with Crippen LogP contribution in [0, 0.1) is 6.92 Å². The lowest BCUT2D eigenvalue weighted by Gasteiger charge is -2.23. The highest BCUT2D eigenvalue weighted by Gasteiger charge is 2.37. The van der Waals surface area contributed by atoms with E-state index in [1.807, 2.05) is 30.3 Å². The standard InChI is InChI=1S/C20H21FN6O3/c1-13-23-18(12-30-13)20(29)27-9-15(21)7-16(27)10-26-11-17(24-25-26)19(28)22-8-14-5-3-2-4-6-14/h2-6,11-12,15-16H,7-10H2,1H3,(H,22,28). The average Bonchev–Trinajstić information content (AvgIpc) is 3.47. The molecule has 1 aromatic carbocycles. The summed E-state index contributed by atoms with van der Waals surface area (Å²) in [7, 11) is 0. The van der Waals surface area contributed by atoms with Gasteiger partial charge in [0.1, 0.15) is 12.4 Å².